The van der Waals surface area contributed by atoms with Gasteiger partial charge >= 0.3 is 0 Å². The van der Waals surface area contributed by atoms with E-state index in [0.29, 0.717) is 5.92 Å². The molecule has 0 radical (unpaired) electrons. The van der Waals surface area contributed by atoms with E-state index >= 15 is 0 Å². The third-order valence-corrected chi connectivity index (χ3v) is 4.20. The summed E-state index contributed by atoms with van der Waals surface area (Å²) in [4.78, 5) is 0. The zero-order valence-electron chi connectivity index (χ0n) is 12.4. The Labute approximate surface area is 127 Å². The van der Waals surface area contributed by atoms with Crippen LogP contribution in [0, 0.1) is 0 Å². The van der Waals surface area contributed by atoms with Gasteiger partial charge in [0, 0.05) is 0 Å². The van der Waals surface area contributed by atoms with Crippen molar-refractivity contribution in [3.8, 4) is 0 Å². The first kappa shape index (κ1) is 15.1. The summed E-state index contributed by atoms with van der Waals surface area (Å²) in [5.74, 6) is 0.606. The Morgan fingerprint density at radius 1 is 0.850 bits per heavy atom. The molecule has 0 aliphatic rings. The average Bonchev–Trinajstić information content (AvgIpc) is 2.48. The van der Waals surface area contributed by atoms with E-state index in [2.05, 4.69) is 62.4 Å². The van der Waals surface area contributed by atoms with Gasteiger partial charge in [-0.05, 0) is 41.9 Å². The molecule has 20 heavy (non-hydrogen) atoms. The number of rotatable bonds is 6. The van der Waals surface area contributed by atoms with Crippen molar-refractivity contribution < 1.29 is 0 Å². The molecule has 1 unspecified atom stereocenters. The largest absolute Gasteiger partial charge is 0.118 e. The Kier molecular flexibility index (Phi) is 5.67. The fourth-order valence-corrected chi connectivity index (χ4v) is 2.68. The van der Waals surface area contributed by atoms with Crippen LogP contribution in [0.15, 0.2) is 54.6 Å². The molecule has 0 saturated heterocycles. The standard InChI is InChI=1S/C19H23Cl/c1-15(2)17-13-11-16(12-14-17)7-6-10-19(20)18-8-4-3-5-9-18/h3-5,8-9,11-15,19H,6-7,10H2,1-2H3. The Hall–Kier alpha value is -1.27. The van der Waals surface area contributed by atoms with E-state index in [0.717, 1.165) is 19.3 Å². The van der Waals surface area contributed by atoms with Gasteiger partial charge in [-0.1, -0.05) is 68.4 Å². The number of hydrogen-bond acceptors (Lipinski definition) is 0. The molecular weight excluding hydrogens is 264 g/mol. The average molecular weight is 287 g/mol. The topological polar surface area (TPSA) is 0 Å². The van der Waals surface area contributed by atoms with Crippen LogP contribution in [0.5, 0.6) is 0 Å². The van der Waals surface area contributed by atoms with E-state index < -0.39 is 0 Å². The van der Waals surface area contributed by atoms with Gasteiger partial charge in [0.2, 0.25) is 0 Å². The van der Waals surface area contributed by atoms with Gasteiger partial charge in [-0.2, -0.15) is 0 Å². The lowest BCUT2D eigenvalue weighted by atomic mass is 9.99. The second-order valence-corrected chi connectivity index (χ2v) is 6.19. The minimum absolute atomic E-state index is 0.131. The summed E-state index contributed by atoms with van der Waals surface area (Å²) in [5, 5.41) is 0.131. The molecular formula is C19H23Cl. The minimum Gasteiger partial charge on any atom is -0.118 e. The monoisotopic (exact) mass is 286 g/mol. The first-order valence-corrected chi connectivity index (χ1v) is 7.88. The highest BCUT2D eigenvalue weighted by Gasteiger charge is 2.07. The molecule has 0 aromatic heterocycles. The van der Waals surface area contributed by atoms with Crippen LogP contribution in [0.1, 0.15) is 54.7 Å². The summed E-state index contributed by atoms with van der Waals surface area (Å²) in [5.41, 5.74) is 4.05. The Morgan fingerprint density at radius 2 is 1.50 bits per heavy atom. The van der Waals surface area contributed by atoms with Crippen molar-refractivity contribution in [1.82, 2.24) is 0 Å². The van der Waals surface area contributed by atoms with Crippen molar-refractivity contribution in [3.05, 3.63) is 71.3 Å². The fraction of sp³-hybridized carbons (Fsp3) is 0.368. The van der Waals surface area contributed by atoms with E-state index in [1.165, 1.54) is 16.7 Å². The summed E-state index contributed by atoms with van der Waals surface area (Å²) in [7, 11) is 0. The highest BCUT2D eigenvalue weighted by atomic mass is 35.5. The van der Waals surface area contributed by atoms with Crippen molar-refractivity contribution in [2.75, 3.05) is 0 Å². The van der Waals surface area contributed by atoms with Crippen molar-refractivity contribution in [1.29, 1.82) is 0 Å². The maximum absolute atomic E-state index is 6.44. The smallest absolute Gasteiger partial charge is 0.0585 e. The van der Waals surface area contributed by atoms with Gasteiger partial charge in [0.1, 0.15) is 0 Å². The van der Waals surface area contributed by atoms with Crippen molar-refractivity contribution >= 4 is 11.6 Å². The molecule has 2 aromatic rings. The molecule has 2 rings (SSSR count). The highest BCUT2D eigenvalue weighted by Crippen LogP contribution is 2.26. The van der Waals surface area contributed by atoms with Crippen LogP contribution >= 0.6 is 11.6 Å². The lowest BCUT2D eigenvalue weighted by Crippen LogP contribution is -1.93. The number of benzene rings is 2. The van der Waals surface area contributed by atoms with Gasteiger partial charge in [-0.25, -0.2) is 0 Å². The predicted octanol–water partition coefficient (Wildman–Crippen LogP) is 6.11. The van der Waals surface area contributed by atoms with Gasteiger partial charge < -0.3 is 0 Å². The first-order chi connectivity index (χ1) is 9.66. The molecule has 0 aliphatic carbocycles. The lowest BCUT2D eigenvalue weighted by Gasteiger charge is -2.10. The molecule has 106 valence electrons. The van der Waals surface area contributed by atoms with Crippen LogP contribution in [0.25, 0.3) is 0 Å². The Bertz CT molecular complexity index is 499. The van der Waals surface area contributed by atoms with Crippen molar-refractivity contribution in [3.63, 3.8) is 0 Å². The Morgan fingerprint density at radius 3 is 2.10 bits per heavy atom. The molecule has 0 fully saturated rings. The number of alkyl halides is 1. The zero-order valence-corrected chi connectivity index (χ0v) is 13.1. The molecule has 0 nitrogen and oxygen atoms in total. The van der Waals surface area contributed by atoms with E-state index in [9.17, 15) is 0 Å². The number of hydrogen-bond donors (Lipinski definition) is 0. The van der Waals surface area contributed by atoms with Gasteiger partial charge in [-0.3, -0.25) is 0 Å². The molecule has 2 aromatic carbocycles. The molecule has 0 amide bonds. The molecule has 0 aliphatic heterocycles. The molecule has 1 heteroatoms. The van der Waals surface area contributed by atoms with Gasteiger partial charge in [0.05, 0.1) is 5.38 Å². The van der Waals surface area contributed by atoms with Crippen molar-refractivity contribution in [2.45, 2.75) is 44.4 Å². The van der Waals surface area contributed by atoms with Gasteiger partial charge in [-0.15, -0.1) is 11.6 Å². The third kappa shape index (κ3) is 4.38. The van der Waals surface area contributed by atoms with Crippen LogP contribution in [-0.4, -0.2) is 0 Å². The molecule has 0 heterocycles. The lowest BCUT2D eigenvalue weighted by molar-refractivity contribution is 0.715. The maximum Gasteiger partial charge on any atom is 0.0585 e. The molecule has 0 bridgehead atoms. The SMILES string of the molecule is CC(C)c1ccc(CCCC(Cl)c2ccccc2)cc1. The number of halogens is 1. The highest BCUT2D eigenvalue weighted by molar-refractivity contribution is 6.20. The summed E-state index contributed by atoms with van der Waals surface area (Å²) in [6.07, 6.45) is 3.26. The van der Waals surface area contributed by atoms with Gasteiger partial charge in [0.25, 0.3) is 0 Å². The van der Waals surface area contributed by atoms with E-state index in [4.69, 9.17) is 11.6 Å². The van der Waals surface area contributed by atoms with E-state index in [-0.39, 0.29) is 5.38 Å². The molecule has 0 saturated carbocycles. The Balaban J connectivity index is 1.81. The summed E-state index contributed by atoms with van der Waals surface area (Å²) >= 11 is 6.44. The normalized spacial score (nSPS) is 12.6. The summed E-state index contributed by atoms with van der Waals surface area (Å²) < 4.78 is 0. The summed E-state index contributed by atoms with van der Waals surface area (Å²) in [6, 6.07) is 19.3. The van der Waals surface area contributed by atoms with Crippen LogP contribution < -0.4 is 0 Å². The molecule has 1 atom stereocenters. The van der Waals surface area contributed by atoms with Crippen molar-refractivity contribution in [2.24, 2.45) is 0 Å². The second kappa shape index (κ2) is 7.50. The first-order valence-electron chi connectivity index (χ1n) is 7.44. The fourth-order valence-electron chi connectivity index (χ4n) is 2.38. The quantitative estimate of drug-likeness (QED) is 0.562. The summed E-state index contributed by atoms with van der Waals surface area (Å²) in [6.45, 7) is 4.46. The minimum atomic E-state index is 0.131. The van der Waals surface area contributed by atoms with E-state index in [1.54, 1.807) is 0 Å². The van der Waals surface area contributed by atoms with E-state index in [1.807, 2.05) is 6.07 Å². The number of aryl methyl sites for hydroxylation is 1. The van der Waals surface area contributed by atoms with Crippen LogP contribution in [0.2, 0.25) is 0 Å². The van der Waals surface area contributed by atoms with Crippen LogP contribution in [-0.2, 0) is 6.42 Å². The third-order valence-electron chi connectivity index (χ3n) is 3.73. The van der Waals surface area contributed by atoms with Crippen LogP contribution in [0.4, 0.5) is 0 Å². The van der Waals surface area contributed by atoms with Gasteiger partial charge in [0.15, 0.2) is 0 Å². The molecule has 0 N–H and O–H groups in total. The maximum atomic E-state index is 6.44. The predicted molar refractivity (Wildman–Crippen MR) is 88.5 cm³/mol. The van der Waals surface area contributed by atoms with Crippen LogP contribution in [0.3, 0.4) is 0 Å². The zero-order chi connectivity index (χ0) is 14.4. The molecule has 0 spiro atoms. The second-order valence-electron chi connectivity index (χ2n) is 5.67.